The van der Waals surface area contributed by atoms with Gasteiger partial charge in [0.05, 0.1) is 12.2 Å². The zero-order valence-corrected chi connectivity index (χ0v) is 12.5. The molecule has 0 radical (unpaired) electrons. The zero-order chi connectivity index (χ0) is 14.0. The van der Waals surface area contributed by atoms with E-state index < -0.39 is 11.8 Å². The van der Waals surface area contributed by atoms with Crippen LogP contribution in [0.3, 0.4) is 0 Å². The van der Waals surface area contributed by atoms with E-state index in [1.807, 2.05) is 11.4 Å². The number of benzene rings is 1. The fourth-order valence-corrected chi connectivity index (χ4v) is 3.30. The predicted octanol–water partition coefficient (Wildman–Crippen LogP) is 3.98. The summed E-state index contributed by atoms with van der Waals surface area (Å²) in [6.07, 6.45) is 0. The summed E-state index contributed by atoms with van der Waals surface area (Å²) in [5.74, 6) is -1.98. The molecule has 1 aromatic carbocycles. The monoisotopic (exact) mass is 343 g/mol. The van der Waals surface area contributed by atoms with Gasteiger partial charge in [0.1, 0.15) is 11.4 Å². The molecule has 0 aliphatic carbocycles. The molecule has 0 aliphatic rings. The van der Waals surface area contributed by atoms with Crippen molar-refractivity contribution >= 4 is 38.9 Å². The van der Waals surface area contributed by atoms with Gasteiger partial charge in [-0.15, -0.1) is 11.3 Å². The predicted molar refractivity (Wildman–Crippen MR) is 77.5 cm³/mol. The van der Waals surface area contributed by atoms with E-state index in [0.29, 0.717) is 12.2 Å². The molecular formula is C13H11BrFNO2S. The Morgan fingerprint density at radius 1 is 1.53 bits per heavy atom. The Labute approximate surface area is 122 Å². The molecule has 0 fully saturated rings. The Kier molecular flexibility index (Phi) is 4.21. The van der Waals surface area contributed by atoms with Gasteiger partial charge in [-0.2, -0.15) is 0 Å². The molecular weight excluding hydrogens is 333 g/mol. The minimum atomic E-state index is -1.26. The van der Waals surface area contributed by atoms with Crippen molar-refractivity contribution in [3.8, 4) is 0 Å². The van der Waals surface area contributed by atoms with Crippen molar-refractivity contribution in [3.05, 3.63) is 50.4 Å². The van der Waals surface area contributed by atoms with Gasteiger partial charge in [0.15, 0.2) is 0 Å². The molecule has 0 aliphatic heterocycles. The second-order valence-electron chi connectivity index (χ2n) is 4.03. The number of carboxylic acid groups (broad SMARTS) is 1. The summed E-state index contributed by atoms with van der Waals surface area (Å²) < 4.78 is 14.6. The molecule has 1 aromatic heterocycles. The van der Waals surface area contributed by atoms with Crippen LogP contribution in [0.25, 0.3) is 0 Å². The van der Waals surface area contributed by atoms with Gasteiger partial charge in [-0.25, -0.2) is 9.18 Å². The van der Waals surface area contributed by atoms with E-state index in [9.17, 15) is 9.18 Å². The van der Waals surface area contributed by atoms with Crippen LogP contribution in [0.15, 0.2) is 34.1 Å². The summed E-state index contributed by atoms with van der Waals surface area (Å²) in [4.78, 5) is 13.9. The minimum absolute atomic E-state index is 0.291. The number of hydrogen-bond acceptors (Lipinski definition) is 3. The first-order chi connectivity index (χ1) is 8.99. The third kappa shape index (κ3) is 3.13. The van der Waals surface area contributed by atoms with E-state index in [-0.39, 0.29) is 5.56 Å². The third-order valence-electron chi connectivity index (χ3n) is 2.63. The molecule has 2 aromatic rings. The number of nitrogens with zero attached hydrogens (tertiary/aromatic N) is 1. The Morgan fingerprint density at radius 3 is 2.84 bits per heavy atom. The van der Waals surface area contributed by atoms with E-state index in [1.165, 1.54) is 6.07 Å². The molecule has 1 heterocycles. The second-order valence-corrected chi connectivity index (χ2v) is 5.94. The molecule has 1 N–H and O–H groups in total. The number of anilines is 1. The normalized spacial score (nSPS) is 10.5. The highest BCUT2D eigenvalue weighted by Crippen LogP contribution is 2.26. The molecule has 0 saturated heterocycles. The lowest BCUT2D eigenvalue weighted by Crippen LogP contribution is -2.19. The van der Waals surface area contributed by atoms with Gasteiger partial charge >= 0.3 is 5.97 Å². The van der Waals surface area contributed by atoms with Gasteiger partial charge in [-0.3, -0.25) is 0 Å². The van der Waals surface area contributed by atoms with Crippen molar-refractivity contribution in [2.75, 3.05) is 11.9 Å². The van der Waals surface area contributed by atoms with Gasteiger partial charge < -0.3 is 10.0 Å². The van der Waals surface area contributed by atoms with Crippen LogP contribution in [0.2, 0.25) is 0 Å². The lowest BCUT2D eigenvalue weighted by molar-refractivity contribution is 0.0692. The summed E-state index contributed by atoms with van der Waals surface area (Å²) in [6, 6.07) is 6.23. The molecule has 0 bridgehead atoms. The fraction of sp³-hybridized carbons (Fsp3) is 0.154. The second kappa shape index (κ2) is 5.71. The Hall–Kier alpha value is -1.40. The van der Waals surface area contributed by atoms with Gasteiger partial charge in [0, 0.05) is 21.8 Å². The Balaban J connectivity index is 2.31. The Morgan fingerprint density at radius 2 is 2.26 bits per heavy atom. The van der Waals surface area contributed by atoms with Gasteiger partial charge in [0.2, 0.25) is 0 Å². The topological polar surface area (TPSA) is 40.5 Å². The molecule has 3 nitrogen and oxygen atoms in total. The lowest BCUT2D eigenvalue weighted by atomic mass is 10.1. The zero-order valence-electron chi connectivity index (χ0n) is 10.1. The van der Waals surface area contributed by atoms with Crippen molar-refractivity contribution in [1.82, 2.24) is 0 Å². The van der Waals surface area contributed by atoms with Crippen molar-refractivity contribution in [3.63, 3.8) is 0 Å². The molecule has 0 amide bonds. The van der Waals surface area contributed by atoms with Crippen molar-refractivity contribution in [2.45, 2.75) is 6.54 Å². The van der Waals surface area contributed by atoms with Crippen LogP contribution in [-0.4, -0.2) is 18.1 Å². The van der Waals surface area contributed by atoms with Crippen LogP contribution in [0.5, 0.6) is 0 Å². The van der Waals surface area contributed by atoms with E-state index in [1.54, 1.807) is 29.4 Å². The van der Waals surface area contributed by atoms with Crippen LogP contribution in [0, 0.1) is 5.82 Å². The summed E-state index contributed by atoms with van der Waals surface area (Å²) in [6.45, 7) is 0.528. The number of rotatable bonds is 4. The first kappa shape index (κ1) is 14.0. The van der Waals surface area contributed by atoms with Gasteiger partial charge in [0.25, 0.3) is 0 Å². The van der Waals surface area contributed by atoms with Crippen LogP contribution in [0.1, 0.15) is 15.2 Å². The highest BCUT2D eigenvalue weighted by atomic mass is 79.9. The highest BCUT2D eigenvalue weighted by molar-refractivity contribution is 9.10. The fourth-order valence-electron chi connectivity index (χ4n) is 1.80. The van der Waals surface area contributed by atoms with Crippen molar-refractivity contribution in [2.24, 2.45) is 0 Å². The molecule has 0 atom stereocenters. The maximum atomic E-state index is 13.6. The average molecular weight is 344 g/mol. The average Bonchev–Trinajstić information content (AvgIpc) is 2.73. The first-order valence-electron chi connectivity index (χ1n) is 5.45. The van der Waals surface area contributed by atoms with E-state index >= 15 is 0 Å². The number of hydrogen-bond donors (Lipinski definition) is 1. The summed E-state index contributed by atoms with van der Waals surface area (Å²) in [5, 5.41) is 11.0. The summed E-state index contributed by atoms with van der Waals surface area (Å²) in [5.41, 5.74) is 0.0812. The van der Waals surface area contributed by atoms with Crippen LogP contribution >= 0.6 is 27.3 Å². The highest BCUT2D eigenvalue weighted by Gasteiger charge is 2.18. The van der Waals surface area contributed by atoms with Crippen LogP contribution in [-0.2, 0) is 6.54 Å². The summed E-state index contributed by atoms with van der Waals surface area (Å²) >= 11 is 4.93. The molecule has 0 saturated carbocycles. The van der Waals surface area contributed by atoms with Crippen LogP contribution < -0.4 is 4.90 Å². The van der Waals surface area contributed by atoms with Gasteiger partial charge in [-0.05, 0) is 34.1 Å². The number of halogens is 2. The van der Waals surface area contributed by atoms with Gasteiger partial charge in [-0.1, -0.05) is 6.07 Å². The molecule has 100 valence electrons. The maximum Gasteiger partial charge on any atom is 0.340 e. The van der Waals surface area contributed by atoms with E-state index in [2.05, 4.69) is 15.9 Å². The third-order valence-corrected chi connectivity index (χ3v) is 4.31. The summed E-state index contributed by atoms with van der Waals surface area (Å²) in [7, 11) is 1.74. The molecule has 0 unspecified atom stereocenters. The smallest absolute Gasteiger partial charge is 0.340 e. The largest absolute Gasteiger partial charge is 0.478 e. The SMILES string of the molecule is CN(Cc1cc(Br)cs1)c1cccc(F)c1C(=O)O. The first-order valence-corrected chi connectivity index (χ1v) is 7.12. The molecule has 19 heavy (non-hydrogen) atoms. The standard InChI is InChI=1S/C13H11BrFNO2S/c1-16(6-9-5-8(14)7-19-9)11-4-2-3-10(15)12(11)13(17)18/h2-5,7H,6H2,1H3,(H,17,18). The number of aromatic carboxylic acids is 1. The van der Waals surface area contributed by atoms with Crippen LogP contribution in [0.4, 0.5) is 10.1 Å². The van der Waals surface area contributed by atoms with E-state index in [0.717, 1.165) is 15.4 Å². The van der Waals surface area contributed by atoms with E-state index in [4.69, 9.17) is 5.11 Å². The van der Waals surface area contributed by atoms with Crippen molar-refractivity contribution in [1.29, 1.82) is 0 Å². The lowest BCUT2D eigenvalue weighted by Gasteiger charge is -2.20. The molecule has 0 spiro atoms. The quantitative estimate of drug-likeness (QED) is 0.912. The number of thiophene rings is 1. The maximum absolute atomic E-state index is 13.6. The molecule has 6 heteroatoms. The Bertz CT molecular complexity index is 614. The molecule has 2 rings (SSSR count). The minimum Gasteiger partial charge on any atom is -0.478 e. The number of carbonyl (C=O) groups is 1. The van der Waals surface area contributed by atoms with Crippen molar-refractivity contribution < 1.29 is 14.3 Å². The number of carboxylic acids is 1.